The van der Waals surface area contributed by atoms with Crippen molar-refractivity contribution in [3.8, 4) is 17.2 Å². The van der Waals surface area contributed by atoms with Crippen molar-refractivity contribution in [1.82, 2.24) is 10.2 Å². The van der Waals surface area contributed by atoms with Crippen LogP contribution in [0.15, 0.2) is 12.1 Å². The van der Waals surface area contributed by atoms with E-state index in [0.717, 1.165) is 12.2 Å². The molecule has 116 valence electrons. The first-order chi connectivity index (χ1) is 10.2. The first-order valence-electron chi connectivity index (χ1n) is 6.76. The van der Waals surface area contributed by atoms with E-state index in [4.69, 9.17) is 14.2 Å². The topological polar surface area (TPSA) is 72.1 Å². The second kappa shape index (κ2) is 6.92. The summed E-state index contributed by atoms with van der Waals surface area (Å²) >= 11 is 0. The van der Waals surface area contributed by atoms with Gasteiger partial charge in [0.1, 0.15) is 0 Å². The maximum absolute atomic E-state index is 11.4. The Morgan fingerprint density at radius 1 is 1.19 bits per heavy atom. The van der Waals surface area contributed by atoms with Gasteiger partial charge in [-0.1, -0.05) is 0 Å². The molecule has 0 bridgehead atoms. The van der Waals surface area contributed by atoms with Crippen molar-refractivity contribution in [3.05, 3.63) is 12.1 Å². The molecule has 2 N–H and O–H groups in total. The number of urea groups is 1. The zero-order chi connectivity index (χ0) is 15.2. The van der Waals surface area contributed by atoms with Crippen LogP contribution in [0.5, 0.6) is 17.2 Å². The zero-order valence-electron chi connectivity index (χ0n) is 12.6. The highest BCUT2D eigenvalue weighted by Crippen LogP contribution is 2.39. The summed E-state index contributed by atoms with van der Waals surface area (Å²) in [6.45, 7) is 2.74. The minimum absolute atomic E-state index is 0.0123. The normalized spacial score (nSPS) is 13.9. The largest absolute Gasteiger partial charge is 0.493 e. The number of methoxy groups -OCH3 is 3. The molecule has 7 nitrogen and oxygen atoms in total. The van der Waals surface area contributed by atoms with Gasteiger partial charge >= 0.3 is 6.03 Å². The third-order valence-electron chi connectivity index (χ3n) is 3.32. The van der Waals surface area contributed by atoms with Gasteiger partial charge in [-0.15, -0.1) is 0 Å². The van der Waals surface area contributed by atoms with E-state index in [2.05, 4.69) is 10.6 Å². The first-order valence-corrected chi connectivity index (χ1v) is 6.76. The Morgan fingerprint density at radius 3 is 2.33 bits per heavy atom. The number of carbonyl (C=O) groups excluding carboxylic acids is 1. The molecule has 2 amide bonds. The van der Waals surface area contributed by atoms with Crippen molar-refractivity contribution in [3.63, 3.8) is 0 Å². The van der Waals surface area contributed by atoms with Crippen LogP contribution in [0.25, 0.3) is 0 Å². The molecule has 0 spiro atoms. The van der Waals surface area contributed by atoms with E-state index >= 15 is 0 Å². The molecule has 1 aromatic carbocycles. The van der Waals surface area contributed by atoms with Crippen LogP contribution in [0.4, 0.5) is 10.5 Å². The summed E-state index contributed by atoms with van der Waals surface area (Å²) in [5.41, 5.74) is 0.851. The molecule has 1 aliphatic rings. The van der Waals surface area contributed by atoms with Gasteiger partial charge in [0.15, 0.2) is 11.5 Å². The quantitative estimate of drug-likeness (QED) is 0.789. The lowest BCUT2D eigenvalue weighted by Gasteiger charge is -2.17. The smallest absolute Gasteiger partial charge is 0.317 e. The number of nitrogens with zero attached hydrogens (tertiary/aromatic N) is 1. The lowest BCUT2D eigenvalue weighted by atomic mass is 10.2. The molecular formula is C14H21N3O4. The van der Waals surface area contributed by atoms with Crippen molar-refractivity contribution in [2.24, 2.45) is 0 Å². The SMILES string of the molecule is COc1cc(NCCN2CCNC2=O)cc(OC)c1OC. The minimum Gasteiger partial charge on any atom is -0.493 e. The monoisotopic (exact) mass is 295 g/mol. The van der Waals surface area contributed by atoms with Crippen LogP contribution in [-0.2, 0) is 0 Å². The minimum atomic E-state index is -0.0123. The van der Waals surface area contributed by atoms with Gasteiger partial charge in [-0.2, -0.15) is 0 Å². The molecule has 0 aliphatic carbocycles. The highest BCUT2D eigenvalue weighted by molar-refractivity contribution is 5.76. The Bertz CT molecular complexity index is 482. The fourth-order valence-corrected chi connectivity index (χ4v) is 2.24. The molecule has 0 aromatic heterocycles. The van der Waals surface area contributed by atoms with Crippen LogP contribution in [0.3, 0.4) is 0 Å². The standard InChI is InChI=1S/C14H21N3O4/c1-19-11-8-10(9-12(20-2)13(11)21-3)15-4-6-17-7-5-16-14(17)18/h8-9,15H,4-7H2,1-3H3,(H,16,18). The highest BCUT2D eigenvalue weighted by Gasteiger charge is 2.18. The molecule has 0 atom stereocenters. The molecule has 1 saturated heterocycles. The van der Waals surface area contributed by atoms with E-state index in [1.807, 2.05) is 12.1 Å². The van der Waals surface area contributed by atoms with Crippen LogP contribution in [-0.4, -0.2) is 58.4 Å². The first kappa shape index (κ1) is 15.1. The number of hydrogen-bond acceptors (Lipinski definition) is 5. The lowest BCUT2D eigenvalue weighted by Crippen LogP contribution is -2.32. The van der Waals surface area contributed by atoms with Gasteiger partial charge in [0, 0.05) is 44.0 Å². The molecule has 7 heteroatoms. The van der Waals surface area contributed by atoms with Gasteiger partial charge in [0.05, 0.1) is 21.3 Å². The van der Waals surface area contributed by atoms with E-state index < -0.39 is 0 Å². The molecule has 1 fully saturated rings. The molecule has 0 unspecified atom stereocenters. The average Bonchev–Trinajstić information content (AvgIpc) is 2.91. The van der Waals surface area contributed by atoms with E-state index in [1.54, 1.807) is 26.2 Å². The second-order valence-electron chi connectivity index (χ2n) is 4.56. The van der Waals surface area contributed by atoms with Crippen LogP contribution in [0.2, 0.25) is 0 Å². The van der Waals surface area contributed by atoms with Crippen molar-refractivity contribution in [1.29, 1.82) is 0 Å². The van der Waals surface area contributed by atoms with E-state index in [9.17, 15) is 4.79 Å². The summed E-state index contributed by atoms with van der Waals surface area (Å²) in [7, 11) is 4.73. The number of benzene rings is 1. The molecule has 21 heavy (non-hydrogen) atoms. The molecule has 0 saturated carbocycles. The summed E-state index contributed by atoms with van der Waals surface area (Å²) in [6.07, 6.45) is 0. The van der Waals surface area contributed by atoms with Gasteiger partial charge in [-0.05, 0) is 0 Å². The van der Waals surface area contributed by atoms with Crippen molar-refractivity contribution < 1.29 is 19.0 Å². The number of amides is 2. The summed E-state index contributed by atoms with van der Waals surface area (Å²) in [4.78, 5) is 13.2. The van der Waals surface area contributed by atoms with Gasteiger partial charge in [0.25, 0.3) is 0 Å². The fourth-order valence-electron chi connectivity index (χ4n) is 2.24. The average molecular weight is 295 g/mol. The van der Waals surface area contributed by atoms with E-state index in [0.29, 0.717) is 36.9 Å². The Kier molecular flexibility index (Phi) is 4.97. The van der Waals surface area contributed by atoms with E-state index in [1.165, 1.54) is 0 Å². The second-order valence-corrected chi connectivity index (χ2v) is 4.56. The highest BCUT2D eigenvalue weighted by atomic mass is 16.5. The number of nitrogens with one attached hydrogen (secondary N) is 2. The molecule has 1 aliphatic heterocycles. The van der Waals surface area contributed by atoms with Crippen LogP contribution >= 0.6 is 0 Å². The number of ether oxygens (including phenoxy) is 3. The molecular weight excluding hydrogens is 274 g/mol. The maximum atomic E-state index is 11.4. The number of anilines is 1. The lowest BCUT2D eigenvalue weighted by molar-refractivity contribution is 0.219. The molecule has 1 aromatic rings. The van der Waals surface area contributed by atoms with Crippen molar-refractivity contribution in [2.75, 3.05) is 52.8 Å². The van der Waals surface area contributed by atoms with E-state index in [-0.39, 0.29) is 6.03 Å². The van der Waals surface area contributed by atoms with Crippen LogP contribution in [0.1, 0.15) is 0 Å². The summed E-state index contributed by atoms with van der Waals surface area (Å²) in [6, 6.07) is 3.67. The third kappa shape index (κ3) is 3.42. The summed E-state index contributed by atoms with van der Waals surface area (Å²) < 4.78 is 15.9. The van der Waals surface area contributed by atoms with Crippen molar-refractivity contribution >= 4 is 11.7 Å². The van der Waals surface area contributed by atoms with Gasteiger partial charge in [-0.3, -0.25) is 0 Å². The predicted octanol–water partition coefficient (Wildman–Crippen LogP) is 1.15. The number of rotatable bonds is 7. The van der Waals surface area contributed by atoms with Gasteiger partial charge < -0.3 is 29.7 Å². The van der Waals surface area contributed by atoms with Gasteiger partial charge in [0.2, 0.25) is 5.75 Å². The molecule has 2 rings (SSSR count). The van der Waals surface area contributed by atoms with Crippen molar-refractivity contribution in [2.45, 2.75) is 0 Å². The van der Waals surface area contributed by atoms with Crippen LogP contribution in [0, 0.1) is 0 Å². The number of carbonyl (C=O) groups is 1. The Balaban J connectivity index is 2.01. The van der Waals surface area contributed by atoms with Gasteiger partial charge in [-0.25, -0.2) is 4.79 Å². The zero-order valence-corrected chi connectivity index (χ0v) is 12.6. The van der Waals surface area contributed by atoms with Crippen LogP contribution < -0.4 is 24.8 Å². The summed E-state index contributed by atoms with van der Waals surface area (Å²) in [5.74, 6) is 1.75. The Morgan fingerprint density at radius 2 is 1.86 bits per heavy atom. The Hall–Kier alpha value is -2.31. The number of hydrogen-bond donors (Lipinski definition) is 2. The molecule has 1 heterocycles. The molecule has 0 radical (unpaired) electrons. The Labute approximate surface area is 124 Å². The maximum Gasteiger partial charge on any atom is 0.317 e. The summed E-state index contributed by atoms with van der Waals surface area (Å²) in [5, 5.41) is 6.03. The fraction of sp³-hybridized carbons (Fsp3) is 0.500. The predicted molar refractivity (Wildman–Crippen MR) is 79.6 cm³/mol. The third-order valence-corrected chi connectivity index (χ3v) is 3.32.